The number of alkyl halides is 1. The fourth-order valence-electron chi connectivity index (χ4n) is 4.14. The first-order valence-electron chi connectivity index (χ1n) is 10.5. The maximum Gasteiger partial charge on any atom is 0.302 e. The lowest BCUT2D eigenvalue weighted by molar-refractivity contribution is -0.166. The predicted molar refractivity (Wildman–Crippen MR) is 113 cm³/mol. The molecule has 0 amide bonds. The Morgan fingerprint density at radius 1 is 1.00 bits per heavy atom. The zero-order chi connectivity index (χ0) is 22.0. The van der Waals surface area contributed by atoms with E-state index >= 15 is 0 Å². The van der Waals surface area contributed by atoms with Gasteiger partial charge in [-0.15, -0.1) is 0 Å². The summed E-state index contributed by atoms with van der Waals surface area (Å²) >= 11 is 0. The largest absolute Gasteiger partial charge is 0.453 e. The SMILES string of the molecule is O=c1ccn2c(n1)O[C@@H]1[C@H]2O[C@](CF)(COCc2ccccc2)[C@H]1OCc1ccccc1. The van der Waals surface area contributed by atoms with Crippen LogP contribution in [-0.2, 0) is 27.4 Å². The number of hydrogen-bond acceptors (Lipinski definition) is 6. The van der Waals surface area contributed by atoms with Gasteiger partial charge >= 0.3 is 6.01 Å². The van der Waals surface area contributed by atoms with Gasteiger partial charge in [-0.2, -0.15) is 4.98 Å². The van der Waals surface area contributed by atoms with Gasteiger partial charge in [-0.05, 0) is 11.1 Å². The lowest BCUT2D eigenvalue weighted by atomic mass is 9.97. The molecule has 1 aromatic heterocycles. The Balaban J connectivity index is 1.39. The predicted octanol–water partition coefficient (Wildman–Crippen LogP) is 3.04. The molecule has 0 radical (unpaired) electrons. The average molecular weight is 438 g/mol. The molecule has 0 saturated carbocycles. The van der Waals surface area contributed by atoms with Crippen molar-refractivity contribution in [1.29, 1.82) is 0 Å². The Morgan fingerprint density at radius 2 is 1.69 bits per heavy atom. The van der Waals surface area contributed by atoms with Gasteiger partial charge in [-0.1, -0.05) is 60.7 Å². The van der Waals surface area contributed by atoms with Crippen molar-refractivity contribution in [1.82, 2.24) is 9.55 Å². The Hall–Kier alpha value is -3.07. The smallest absolute Gasteiger partial charge is 0.302 e. The Bertz CT molecular complexity index is 1110. The molecular formula is C24H23FN2O5. The first-order chi connectivity index (χ1) is 15.7. The number of benzene rings is 2. The molecule has 0 unspecified atom stereocenters. The van der Waals surface area contributed by atoms with E-state index in [0.29, 0.717) is 6.61 Å². The van der Waals surface area contributed by atoms with Crippen LogP contribution in [0, 0.1) is 0 Å². The summed E-state index contributed by atoms with van der Waals surface area (Å²) in [7, 11) is 0. The third-order valence-electron chi connectivity index (χ3n) is 5.73. The van der Waals surface area contributed by atoms with Crippen LogP contribution >= 0.6 is 0 Å². The fourth-order valence-corrected chi connectivity index (χ4v) is 4.14. The molecular weight excluding hydrogens is 415 g/mol. The monoisotopic (exact) mass is 438 g/mol. The number of hydrogen-bond donors (Lipinski definition) is 0. The third-order valence-corrected chi connectivity index (χ3v) is 5.73. The third kappa shape index (κ3) is 3.92. The van der Waals surface area contributed by atoms with Crippen molar-refractivity contribution in [2.24, 2.45) is 0 Å². The second-order valence-corrected chi connectivity index (χ2v) is 7.94. The molecule has 8 heteroatoms. The number of fused-ring (bicyclic) bond motifs is 3. The maximum absolute atomic E-state index is 14.6. The fraction of sp³-hybridized carbons (Fsp3) is 0.333. The Labute approximate surface area is 184 Å². The second-order valence-electron chi connectivity index (χ2n) is 7.94. The first kappa shape index (κ1) is 20.8. The van der Waals surface area contributed by atoms with Crippen molar-refractivity contribution >= 4 is 0 Å². The zero-order valence-corrected chi connectivity index (χ0v) is 17.3. The van der Waals surface area contributed by atoms with Gasteiger partial charge in [0.1, 0.15) is 12.8 Å². The standard InChI is InChI=1S/C24H23FN2O5/c25-15-24(16-29-13-17-7-3-1-4-8-17)21(30-14-18-9-5-2-6-10-18)20-22(32-24)27-12-11-19(28)26-23(27)31-20/h1-12,20-22H,13-16H2/t20-,21-,22+,24+/m0/s1. The lowest BCUT2D eigenvalue weighted by Crippen LogP contribution is -2.51. The van der Waals surface area contributed by atoms with Crippen molar-refractivity contribution in [2.45, 2.75) is 37.3 Å². The van der Waals surface area contributed by atoms with Crippen LogP contribution < -0.4 is 10.3 Å². The van der Waals surface area contributed by atoms with Gasteiger partial charge in [0.15, 0.2) is 17.9 Å². The highest BCUT2D eigenvalue weighted by molar-refractivity contribution is 5.17. The average Bonchev–Trinajstić information content (AvgIpc) is 3.31. The molecule has 32 heavy (non-hydrogen) atoms. The molecule has 0 N–H and O–H groups in total. The summed E-state index contributed by atoms with van der Waals surface area (Å²) in [5.74, 6) is 0. The normalized spacial score (nSPS) is 25.8. The van der Waals surface area contributed by atoms with Crippen LogP contribution in [0.25, 0.3) is 0 Å². The summed E-state index contributed by atoms with van der Waals surface area (Å²) in [6, 6.07) is 20.7. The molecule has 5 rings (SSSR count). The highest BCUT2D eigenvalue weighted by Gasteiger charge is 2.61. The summed E-state index contributed by atoms with van der Waals surface area (Å²) in [6.07, 6.45) is -0.563. The van der Waals surface area contributed by atoms with Gasteiger partial charge in [0.05, 0.1) is 19.8 Å². The zero-order valence-electron chi connectivity index (χ0n) is 17.3. The van der Waals surface area contributed by atoms with Crippen molar-refractivity contribution in [3.63, 3.8) is 0 Å². The molecule has 3 aromatic rings. The summed E-state index contributed by atoms with van der Waals surface area (Å²) in [5, 5.41) is 0. The maximum atomic E-state index is 14.6. The molecule has 4 atom stereocenters. The van der Waals surface area contributed by atoms with Gasteiger partial charge in [-0.25, -0.2) is 4.39 Å². The van der Waals surface area contributed by atoms with E-state index in [9.17, 15) is 9.18 Å². The molecule has 1 fully saturated rings. The van der Waals surface area contributed by atoms with Crippen LogP contribution in [0.3, 0.4) is 0 Å². The topological polar surface area (TPSA) is 71.8 Å². The van der Waals surface area contributed by atoms with E-state index in [1.165, 1.54) is 6.07 Å². The molecule has 2 aliphatic rings. The molecule has 0 spiro atoms. The van der Waals surface area contributed by atoms with E-state index < -0.39 is 36.3 Å². The molecule has 0 aliphatic carbocycles. The van der Waals surface area contributed by atoms with E-state index in [1.54, 1.807) is 10.8 Å². The number of aromatic nitrogens is 2. The Kier molecular flexibility index (Phi) is 5.73. The van der Waals surface area contributed by atoms with E-state index in [4.69, 9.17) is 18.9 Å². The van der Waals surface area contributed by atoms with Crippen molar-refractivity contribution in [3.05, 3.63) is 94.4 Å². The van der Waals surface area contributed by atoms with Crippen LogP contribution in [0.5, 0.6) is 6.01 Å². The van der Waals surface area contributed by atoms with Crippen molar-refractivity contribution in [2.75, 3.05) is 13.3 Å². The summed E-state index contributed by atoms with van der Waals surface area (Å²) in [4.78, 5) is 15.5. The Morgan fingerprint density at radius 3 is 2.38 bits per heavy atom. The van der Waals surface area contributed by atoms with Gasteiger partial charge < -0.3 is 18.9 Å². The highest BCUT2D eigenvalue weighted by Crippen LogP contribution is 2.46. The molecule has 0 bridgehead atoms. The highest BCUT2D eigenvalue weighted by atomic mass is 19.1. The second kappa shape index (κ2) is 8.82. The minimum Gasteiger partial charge on any atom is -0.453 e. The van der Waals surface area contributed by atoms with Gasteiger partial charge in [0.25, 0.3) is 5.56 Å². The minimum absolute atomic E-state index is 0.0167. The van der Waals surface area contributed by atoms with Gasteiger partial charge in [-0.3, -0.25) is 9.36 Å². The molecule has 7 nitrogen and oxygen atoms in total. The van der Waals surface area contributed by atoms with Crippen molar-refractivity contribution < 1.29 is 23.3 Å². The quantitative estimate of drug-likeness (QED) is 0.538. The van der Waals surface area contributed by atoms with Gasteiger partial charge in [0.2, 0.25) is 0 Å². The number of nitrogens with zero attached hydrogens (tertiary/aromatic N) is 2. The summed E-state index contributed by atoms with van der Waals surface area (Å²) < 4.78 is 40.4. The van der Waals surface area contributed by atoms with E-state index in [1.807, 2.05) is 60.7 Å². The minimum atomic E-state index is -1.36. The summed E-state index contributed by atoms with van der Waals surface area (Å²) in [6.45, 7) is -0.265. The molecule has 3 heterocycles. The lowest BCUT2D eigenvalue weighted by Gasteiger charge is -2.32. The number of rotatable bonds is 8. The van der Waals surface area contributed by atoms with Crippen molar-refractivity contribution in [3.8, 4) is 6.01 Å². The van der Waals surface area contributed by atoms with Gasteiger partial charge in [0, 0.05) is 12.3 Å². The molecule has 166 valence electrons. The van der Waals surface area contributed by atoms with Crippen LogP contribution in [0.1, 0.15) is 17.4 Å². The van der Waals surface area contributed by atoms with Crippen LogP contribution in [0.4, 0.5) is 4.39 Å². The summed E-state index contributed by atoms with van der Waals surface area (Å²) in [5.41, 5.74) is 0.141. The van der Waals surface area contributed by atoms with Crippen LogP contribution in [0.2, 0.25) is 0 Å². The van der Waals surface area contributed by atoms with E-state index in [2.05, 4.69) is 4.98 Å². The van der Waals surface area contributed by atoms with Crippen LogP contribution in [-0.4, -0.2) is 40.6 Å². The molecule has 2 aromatic carbocycles. The van der Waals surface area contributed by atoms with E-state index in [0.717, 1.165) is 11.1 Å². The molecule has 1 saturated heterocycles. The van der Waals surface area contributed by atoms with E-state index in [-0.39, 0.29) is 19.2 Å². The number of ether oxygens (including phenoxy) is 4. The van der Waals surface area contributed by atoms with Crippen LogP contribution in [0.15, 0.2) is 77.7 Å². The number of halogens is 1. The first-order valence-corrected chi connectivity index (χ1v) is 10.5. The molecule has 2 aliphatic heterocycles.